The Kier molecular flexibility index (Phi) is 8.17. The molecule has 1 unspecified atom stereocenters. The lowest BCUT2D eigenvalue weighted by atomic mass is 9.95. The number of benzene rings is 3. The number of nitrogens with zero attached hydrogens (tertiary/aromatic N) is 2. The van der Waals surface area contributed by atoms with Gasteiger partial charge < -0.3 is 18.8 Å². The van der Waals surface area contributed by atoms with E-state index in [4.69, 9.17) is 13.9 Å². The highest BCUT2D eigenvalue weighted by Gasteiger charge is 2.18. The minimum Gasteiger partial charge on any atom is -0.492 e. The number of oxazole rings is 1. The Labute approximate surface area is 205 Å². The van der Waals surface area contributed by atoms with E-state index in [1.165, 1.54) is 7.11 Å². The number of likely N-dealkylation sites (N-methyl/N-ethyl adjacent to an activating group) is 1. The summed E-state index contributed by atoms with van der Waals surface area (Å²) in [6.07, 6.45) is 5.28. The van der Waals surface area contributed by atoms with E-state index in [0.717, 1.165) is 28.0 Å². The van der Waals surface area contributed by atoms with Crippen molar-refractivity contribution in [2.24, 2.45) is 5.92 Å². The lowest BCUT2D eigenvalue weighted by molar-refractivity contribution is -0.145. The van der Waals surface area contributed by atoms with Crippen molar-refractivity contribution in [3.63, 3.8) is 0 Å². The highest BCUT2D eigenvalue weighted by Crippen LogP contribution is 2.21. The molecule has 3 aromatic carbocycles. The highest BCUT2D eigenvalue weighted by molar-refractivity contribution is 5.74. The van der Waals surface area contributed by atoms with Gasteiger partial charge in [0.15, 0.2) is 5.58 Å². The van der Waals surface area contributed by atoms with E-state index in [9.17, 15) is 4.79 Å². The molecule has 0 aliphatic rings. The third kappa shape index (κ3) is 6.73. The number of carbonyl (C=O) groups excluding carboxylic acids is 1. The molecule has 4 rings (SSSR count). The molecule has 1 heterocycles. The number of hydrogen-bond acceptors (Lipinski definition) is 6. The number of aromatic nitrogens is 1. The number of ether oxygens (including phenoxy) is 2. The molecule has 6 heteroatoms. The Morgan fingerprint density at radius 3 is 2.51 bits per heavy atom. The number of esters is 1. The number of para-hydroxylation sites is 2. The van der Waals surface area contributed by atoms with Crippen LogP contribution in [0.5, 0.6) is 5.75 Å². The molecular formula is C29H30N2O4. The van der Waals surface area contributed by atoms with E-state index in [-0.39, 0.29) is 11.9 Å². The van der Waals surface area contributed by atoms with Crippen molar-refractivity contribution in [1.82, 2.24) is 4.98 Å². The lowest BCUT2D eigenvalue weighted by Crippen LogP contribution is -2.24. The van der Waals surface area contributed by atoms with Crippen molar-refractivity contribution >= 4 is 29.2 Å². The number of carbonyl (C=O) groups is 1. The average Bonchev–Trinajstić information content (AvgIpc) is 3.34. The van der Waals surface area contributed by atoms with Gasteiger partial charge in [-0.15, -0.1) is 0 Å². The number of hydrogen-bond donors (Lipinski definition) is 0. The predicted molar refractivity (Wildman–Crippen MR) is 139 cm³/mol. The second-order valence-corrected chi connectivity index (χ2v) is 8.35. The number of rotatable bonds is 11. The number of fused-ring (bicyclic) bond motifs is 1. The van der Waals surface area contributed by atoms with Crippen molar-refractivity contribution in [3.8, 4) is 5.75 Å². The highest BCUT2D eigenvalue weighted by atomic mass is 16.5. The van der Waals surface area contributed by atoms with Gasteiger partial charge in [0.2, 0.25) is 0 Å². The van der Waals surface area contributed by atoms with Crippen LogP contribution in [0.4, 0.5) is 6.01 Å². The summed E-state index contributed by atoms with van der Waals surface area (Å²) >= 11 is 0. The zero-order valence-electron chi connectivity index (χ0n) is 20.1. The van der Waals surface area contributed by atoms with Gasteiger partial charge in [0.1, 0.15) is 17.9 Å². The van der Waals surface area contributed by atoms with E-state index < -0.39 is 0 Å². The van der Waals surface area contributed by atoms with Gasteiger partial charge in [0.05, 0.1) is 19.6 Å². The number of anilines is 1. The summed E-state index contributed by atoms with van der Waals surface area (Å²) in [4.78, 5) is 18.7. The van der Waals surface area contributed by atoms with Gasteiger partial charge in [-0.25, -0.2) is 0 Å². The van der Waals surface area contributed by atoms with E-state index in [1.807, 2.05) is 103 Å². The van der Waals surface area contributed by atoms with Gasteiger partial charge in [-0.1, -0.05) is 66.7 Å². The van der Waals surface area contributed by atoms with Crippen LogP contribution in [0.15, 0.2) is 89.4 Å². The van der Waals surface area contributed by atoms with Crippen LogP contribution in [0.2, 0.25) is 0 Å². The fourth-order valence-corrected chi connectivity index (χ4v) is 3.79. The predicted octanol–water partition coefficient (Wildman–Crippen LogP) is 5.78. The molecule has 0 amide bonds. The SMILES string of the molecule is COC(=O)C(CC=Cc1ccccc1)Cc1ccc(OCCN(C)c2nc3ccccc3o2)cc1. The minimum atomic E-state index is -0.239. The van der Waals surface area contributed by atoms with E-state index >= 15 is 0 Å². The van der Waals surface area contributed by atoms with Crippen LogP contribution in [0.3, 0.4) is 0 Å². The third-order valence-corrected chi connectivity index (χ3v) is 5.78. The van der Waals surface area contributed by atoms with Crippen molar-refractivity contribution in [2.45, 2.75) is 12.8 Å². The smallest absolute Gasteiger partial charge is 0.309 e. The first-order valence-corrected chi connectivity index (χ1v) is 11.7. The maximum Gasteiger partial charge on any atom is 0.309 e. The standard InChI is InChI=1S/C29H30N2O4/c1-31(29-30-26-13-6-7-14-27(26)35-29)19-20-34-25-17-15-23(16-18-25)21-24(28(32)33-2)12-8-11-22-9-4-3-5-10-22/h3-11,13-18,24H,12,19-21H2,1-2H3. The van der Waals surface area contributed by atoms with Gasteiger partial charge in [0, 0.05) is 7.05 Å². The first-order chi connectivity index (χ1) is 17.1. The maximum atomic E-state index is 12.3. The first-order valence-electron chi connectivity index (χ1n) is 11.7. The monoisotopic (exact) mass is 470 g/mol. The topological polar surface area (TPSA) is 64.8 Å². The third-order valence-electron chi connectivity index (χ3n) is 5.78. The molecule has 0 radical (unpaired) electrons. The Bertz CT molecular complexity index is 1220. The van der Waals surface area contributed by atoms with Crippen LogP contribution in [0.25, 0.3) is 17.2 Å². The van der Waals surface area contributed by atoms with E-state index in [0.29, 0.717) is 32.0 Å². The van der Waals surface area contributed by atoms with Crippen LogP contribution >= 0.6 is 0 Å². The van der Waals surface area contributed by atoms with Gasteiger partial charge in [0.25, 0.3) is 6.01 Å². The second-order valence-electron chi connectivity index (χ2n) is 8.35. The fourth-order valence-electron chi connectivity index (χ4n) is 3.79. The van der Waals surface area contributed by atoms with E-state index in [2.05, 4.69) is 4.98 Å². The Balaban J connectivity index is 1.28. The van der Waals surface area contributed by atoms with Gasteiger partial charge in [-0.2, -0.15) is 4.98 Å². The molecule has 1 aromatic heterocycles. The van der Waals surface area contributed by atoms with Gasteiger partial charge in [-0.05, 0) is 48.2 Å². The van der Waals surface area contributed by atoms with Crippen molar-refractivity contribution in [1.29, 1.82) is 0 Å². The van der Waals surface area contributed by atoms with Crippen LogP contribution in [0.1, 0.15) is 17.5 Å². The first kappa shape index (κ1) is 24.1. The largest absolute Gasteiger partial charge is 0.492 e. The molecule has 0 fully saturated rings. The van der Waals surface area contributed by atoms with Gasteiger partial charge in [-0.3, -0.25) is 4.79 Å². The molecule has 0 saturated heterocycles. The number of allylic oxidation sites excluding steroid dienone is 1. The molecule has 0 N–H and O–H groups in total. The normalized spacial score (nSPS) is 12.1. The zero-order valence-corrected chi connectivity index (χ0v) is 20.1. The van der Waals surface area contributed by atoms with Crippen LogP contribution in [-0.2, 0) is 16.0 Å². The summed E-state index contributed by atoms with van der Waals surface area (Å²) in [5.74, 6) is 0.334. The summed E-state index contributed by atoms with van der Waals surface area (Å²) in [5, 5.41) is 0. The minimum absolute atomic E-state index is 0.203. The molecule has 6 nitrogen and oxygen atoms in total. The molecule has 0 aliphatic carbocycles. The molecule has 0 spiro atoms. The quantitative estimate of drug-likeness (QED) is 0.259. The van der Waals surface area contributed by atoms with Crippen molar-refractivity contribution < 1.29 is 18.7 Å². The van der Waals surface area contributed by atoms with Crippen LogP contribution in [0, 0.1) is 5.92 Å². The summed E-state index contributed by atoms with van der Waals surface area (Å²) in [6, 6.07) is 26.2. The molecular weight excluding hydrogens is 440 g/mol. The second kappa shape index (κ2) is 11.9. The molecule has 0 aliphatic heterocycles. The summed E-state index contributed by atoms with van der Waals surface area (Å²) in [6.45, 7) is 1.12. The Morgan fingerprint density at radius 1 is 1.03 bits per heavy atom. The van der Waals surface area contributed by atoms with Crippen LogP contribution < -0.4 is 9.64 Å². The molecule has 35 heavy (non-hydrogen) atoms. The molecule has 1 atom stereocenters. The van der Waals surface area contributed by atoms with Crippen molar-refractivity contribution in [3.05, 3.63) is 96.1 Å². The Morgan fingerprint density at radius 2 is 1.77 bits per heavy atom. The maximum absolute atomic E-state index is 12.3. The van der Waals surface area contributed by atoms with Crippen LogP contribution in [-0.4, -0.2) is 38.3 Å². The summed E-state index contributed by atoms with van der Waals surface area (Å²) in [7, 11) is 3.36. The summed E-state index contributed by atoms with van der Waals surface area (Å²) < 4.78 is 16.7. The van der Waals surface area contributed by atoms with Gasteiger partial charge >= 0.3 is 5.97 Å². The van der Waals surface area contributed by atoms with E-state index in [1.54, 1.807) is 0 Å². The zero-order chi connectivity index (χ0) is 24.5. The summed E-state index contributed by atoms with van der Waals surface area (Å²) in [5.41, 5.74) is 3.78. The molecule has 0 saturated carbocycles. The molecule has 4 aromatic rings. The Hall–Kier alpha value is -4.06. The van der Waals surface area contributed by atoms with Crippen molar-refractivity contribution in [2.75, 3.05) is 32.2 Å². The fraction of sp³-hybridized carbons (Fsp3) is 0.241. The number of methoxy groups -OCH3 is 1. The lowest BCUT2D eigenvalue weighted by Gasteiger charge is -2.15. The molecule has 0 bridgehead atoms. The average molecular weight is 471 g/mol. The molecule has 180 valence electrons.